The van der Waals surface area contributed by atoms with Crippen LogP contribution in [0.4, 0.5) is 0 Å². The molecule has 7 nitrogen and oxygen atoms in total. The van der Waals surface area contributed by atoms with Gasteiger partial charge in [-0.05, 0) is 65.1 Å². The first-order valence-electron chi connectivity index (χ1n) is 14.3. The van der Waals surface area contributed by atoms with Gasteiger partial charge in [-0.15, -0.1) is 0 Å². The number of phenolic OH excluding ortho intramolecular Hbond substituents is 2. The average molecular weight is 648 g/mol. The van der Waals surface area contributed by atoms with E-state index in [-0.39, 0.29) is 34.3 Å². The van der Waals surface area contributed by atoms with Crippen molar-refractivity contribution < 1.29 is 41.6 Å². The quantitative estimate of drug-likeness (QED) is 0.137. The number of ether oxygens (including phenoxy) is 1. The van der Waals surface area contributed by atoms with Gasteiger partial charge >= 0.3 is 0 Å². The molecule has 0 spiro atoms. The second-order valence-corrected chi connectivity index (χ2v) is 10.3. The molecule has 5 aromatic carbocycles. The number of carboxylic acids is 1. The zero-order valence-corrected chi connectivity index (χ0v) is 26.2. The predicted octanol–water partition coefficient (Wildman–Crippen LogP) is 7.38. The zero-order valence-electron chi connectivity index (χ0n) is 25.1. The third-order valence-electron chi connectivity index (χ3n) is 6.74. The van der Waals surface area contributed by atoms with E-state index in [1.165, 1.54) is 16.3 Å². The van der Waals surface area contributed by atoms with Crippen LogP contribution in [0.15, 0.2) is 119 Å². The summed E-state index contributed by atoms with van der Waals surface area (Å²) in [4.78, 5) is 18.5. The molecule has 1 atom stereocenters. The molecule has 0 aliphatic heterocycles. The maximum atomic E-state index is 10.7. The monoisotopic (exact) mass is 647 g/mol. The molecule has 5 aromatic rings. The van der Waals surface area contributed by atoms with Crippen LogP contribution in [0, 0.1) is 6.92 Å². The van der Waals surface area contributed by atoms with E-state index in [0.717, 1.165) is 18.1 Å². The summed E-state index contributed by atoms with van der Waals surface area (Å²) in [5.41, 5.74) is 4.51. The number of fused-ring (bicyclic) bond motifs is 1. The van der Waals surface area contributed by atoms with Crippen molar-refractivity contribution in [2.75, 3.05) is 6.54 Å². The SMILES string of the molecule is CC(=O)O.Cc1ccc(C=NCC(Cc2cccc3ccccc23)N=Cc2ccc(OCc3ccccc3)cc2O)c(O)c1.[Co]. The maximum Gasteiger partial charge on any atom is 0.300 e. The van der Waals surface area contributed by atoms with Crippen LogP contribution in [-0.2, 0) is 34.6 Å². The van der Waals surface area contributed by atoms with Crippen molar-refractivity contribution in [3.63, 3.8) is 0 Å². The number of benzene rings is 5. The number of rotatable bonds is 10. The Hall–Kier alpha value is -4.92. The molecule has 0 aromatic heterocycles. The minimum absolute atomic E-state index is 0. The first-order valence-corrected chi connectivity index (χ1v) is 14.3. The van der Waals surface area contributed by atoms with Gasteiger partial charge in [0.25, 0.3) is 5.97 Å². The Morgan fingerprint density at radius 3 is 2.20 bits per heavy atom. The van der Waals surface area contributed by atoms with Gasteiger partial charge in [0.05, 0.1) is 12.6 Å². The number of hydrogen-bond donors (Lipinski definition) is 3. The van der Waals surface area contributed by atoms with E-state index in [2.05, 4.69) is 35.3 Å². The number of aromatic hydroxyl groups is 2. The Morgan fingerprint density at radius 2 is 1.47 bits per heavy atom. The van der Waals surface area contributed by atoms with Crippen molar-refractivity contribution in [3.8, 4) is 17.2 Å². The topological polar surface area (TPSA) is 112 Å². The van der Waals surface area contributed by atoms with Crippen LogP contribution in [0.5, 0.6) is 17.2 Å². The number of hydrogen-bond acceptors (Lipinski definition) is 6. The van der Waals surface area contributed by atoms with E-state index in [0.29, 0.717) is 36.4 Å². The van der Waals surface area contributed by atoms with Crippen molar-refractivity contribution in [2.24, 2.45) is 9.98 Å². The zero-order chi connectivity index (χ0) is 31.3. The summed E-state index contributed by atoms with van der Waals surface area (Å²) in [7, 11) is 0. The standard InChI is InChI=1S/C35H32N2O3.C2H4O2.Co/c1-25-14-15-29(34(38)18-25)21-36-23-31(19-28-12-7-11-27-10-5-6-13-33(27)28)37-22-30-16-17-32(20-35(30)39)40-24-26-8-3-2-4-9-26;1-2(3)4;/h2-18,20-22,31,38-39H,19,23-24H2,1H3;1H3,(H,3,4);. The molecule has 5 rings (SSSR count). The number of nitrogens with zero attached hydrogens (tertiary/aromatic N) is 2. The minimum Gasteiger partial charge on any atom is -0.507 e. The van der Waals surface area contributed by atoms with Gasteiger partial charge in [-0.3, -0.25) is 14.8 Å². The molecule has 0 bridgehead atoms. The van der Waals surface area contributed by atoms with Crippen LogP contribution < -0.4 is 4.74 Å². The maximum absolute atomic E-state index is 10.7. The molecule has 1 radical (unpaired) electrons. The minimum atomic E-state index is -0.833. The summed E-state index contributed by atoms with van der Waals surface area (Å²) in [5.74, 6) is 0.0666. The van der Waals surface area contributed by atoms with Gasteiger partial charge in [-0.1, -0.05) is 78.9 Å². The van der Waals surface area contributed by atoms with Crippen molar-refractivity contribution in [3.05, 3.63) is 137 Å². The molecular formula is C37H36CoN2O5. The van der Waals surface area contributed by atoms with E-state index in [4.69, 9.17) is 19.6 Å². The number of carboxylic acid groups (broad SMARTS) is 1. The number of aliphatic carboxylic acids is 1. The smallest absolute Gasteiger partial charge is 0.300 e. The summed E-state index contributed by atoms with van der Waals surface area (Å²) >= 11 is 0. The average Bonchev–Trinajstić information content (AvgIpc) is 3.01. The molecular weight excluding hydrogens is 611 g/mol. The summed E-state index contributed by atoms with van der Waals surface area (Å²) in [6.45, 7) is 3.87. The third-order valence-corrected chi connectivity index (χ3v) is 6.74. The van der Waals surface area contributed by atoms with E-state index in [9.17, 15) is 10.2 Å². The fourth-order valence-electron chi connectivity index (χ4n) is 4.57. The van der Waals surface area contributed by atoms with Crippen molar-refractivity contribution >= 4 is 29.2 Å². The van der Waals surface area contributed by atoms with E-state index >= 15 is 0 Å². The van der Waals surface area contributed by atoms with Crippen LogP contribution in [0.1, 0.15) is 34.7 Å². The van der Waals surface area contributed by atoms with Gasteiger partial charge in [0.15, 0.2) is 0 Å². The Labute approximate surface area is 273 Å². The number of aryl methyl sites for hydroxylation is 1. The van der Waals surface area contributed by atoms with Gasteiger partial charge in [0.2, 0.25) is 0 Å². The normalized spacial score (nSPS) is 11.5. The van der Waals surface area contributed by atoms with Crippen molar-refractivity contribution in [1.29, 1.82) is 0 Å². The summed E-state index contributed by atoms with van der Waals surface area (Å²) in [6, 6.07) is 35.1. The summed E-state index contributed by atoms with van der Waals surface area (Å²) in [5, 5.41) is 30.7. The Bertz CT molecular complexity index is 1750. The van der Waals surface area contributed by atoms with E-state index in [1.54, 1.807) is 24.6 Å². The van der Waals surface area contributed by atoms with Crippen molar-refractivity contribution in [1.82, 2.24) is 0 Å². The molecule has 8 heteroatoms. The molecule has 0 saturated heterocycles. The van der Waals surface area contributed by atoms with Crippen molar-refractivity contribution in [2.45, 2.75) is 32.9 Å². The molecule has 0 saturated carbocycles. The summed E-state index contributed by atoms with van der Waals surface area (Å²) in [6.07, 6.45) is 4.07. The molecule has 0 heterocycles. The fraction of sp³-hybridized carbons (Fsp3) is 0.162. The fourth-order valence-corrected chi connectivity index (χ4v) is 4.57. The molecule has 0 fully saturated rings. The van der Waals surface area contributed by atoms with E-state index in [1.807, 2.05) is 73.7 Å². The first kappa shape index (κ1) is 34.6. The van der Waals surface area contributed by atoms with Gasteiger partial charge in [-0.25, -0.2) is 0 Å². The second kappa shape index (κ2) is 17.4. The molecule has 233 valence electrons. The van der Waals surface area contributed by atoms with Crippen LogP contribution in [0.2, 0.25) is 0 Å². The largest absolute Gasteiger partial charge is 0.507 e. The molecule has 0 aliphatic carbocycles. The molecule has 0 aliphatic rings. The summed E-state index contributed by atoms with van der Waals surface area (Å²) < 4.78 is 5.84. The van der Waals surface area contributed by atoms with Gasteiger partial charge in [-0.2, -0.15) is 0 Å². The van der Waals surface area contributed by atoms with Crippen LogP contribution in [0.3, 0.4) is 0 Å². The first-order chi connectivity index (χ1) is 21.3. The Kier molecular flexibility index (Phi) is 13.4. The Morgan fingerprint density at radius 1 is 0.822 bits per heavy atom. The Balaban J connectivity index is 0.00000104. The van der Waals surface area contributed by atoms with Crippen LogP contribution in [0.25, 0.3) is 10.8 Å². The molecule has 0 amide bonds. The van der Waals surface area contributed by atoms with Gasteiger partial charge in [0, 0.05) is 53.3 Å². The van der Waals surface area contributed by atoms with E-state index < -0.39 is 5.97 Å². The number of phenols is 2. The van der Waals surface area contributed by atoms with Crippen LogP contribution >= 0.6 is 0 Å². The second-order valence-electron chi connectivity index (χ2n) is 10.3. The van der Waals surface area contributed by atoms with Gasteiger partial charge < -0.3 is 20.1 Å². The van der Waals surface area contributed by atoms with Crippen LogP contribution in [-0.4, -0.2) is 46.3 Å². The predicted molar refractivity (Wildman–Crippen MR) is 177 cm³/mol. The molecule has 1 unspecified atom stereocenters. The number of aliphatic imine (C=N–C) groups is 2. The third kappa shape index (κ3) is 10.9. The number of carbonyl (C=O) groups is 1. The molecule has 3 N–H and O–H groups in total. The van der Waals surface area contributed by atoms with Gasteiger partial charge in [0.1, 0.15) is 23.9 Å². The molecule has 45 heavy (non-hydrogen) atoms.